The topological polar surface area (TPSA) is 160 Å². The lowest BCUT2D eigenvalue weighted by molar-refractivity contribution is -0.142. The summed E-state index contributed by atoms with van der Waals surface area (Å²) < 4.78 is 0. The monoisotopic (exact) mass is 371 g/mol. The average Bonchev–Trinajstić information content (AvgIpc) is 3.14. The van der Waals surface area contributed by atoms with Crippen LogP contribution in [0, 0.1) is 0 Å². The molecule has 0 radical (unpaired) electrons. The summed E-state index contributed by atoms with van der Waals surface area (Å²) in [6, 6.07) is -2.03. The minimum absolute atomic E-state index is 0.217. The van der Waals surface area contributed by atoms with Crippen molar-refractivity contribution in [2.45, 2.75) is 69.5 Å². The molecule has 1 saturated heterocycles. The van der Waals surface area contributed by atoms with Gasteiger partial charge in [-0.05, 0) is 71.0 Å². The van der Waals surface area contributed by atoms with Gasteiger partial charge in [0.2, 0.25) is 11.8 Å². The molecule has 9 heteroatoms. The Bertz CT molecular complexity index is 454. The van der Waals surface area contributed by atoms with Crippen molar-refractivity contribution >= 4 is 17.8 Å². The van der Waals surface area contributed by atoms with Crippen LogP contribution in [0.1, 0.15) is 51.4 Å². The molecule has 0 aromatic rings. The average molecular weight is 371 g/mol. The molecule has 150 valence electrons. The summed E-state index contributed by atoms with van der Waals surface area (Å²) in [6.45, 7) is 1.76. The number of amides is 2. The first kappa shape index (κ1) is 22.3. The minimum Gasteiger partial charge on any atom is -0.480 e. The number of nitrogens with one attached hydrogen (secondary N) is 3. The quantitative estimate of drug-likeness (QED) is 0.228. The molecule has 0 aromatic carbocycles. The van der Waals surface area contributed by atoms with Gasteiger partial charge in [0.05, 0.1) is 6.04 Å². The van der Waals surface area contributed by atoms with E-state index in [0.29, 0.717) is 45.2 Å². The highest BCUT2D eigenvalue weighted by Gasteiger charge is 2.29. The van der Waals surface area contributed by atoms with Crippen molar-refractivity contribution in [3.63, 3.8) is 0 Å². The van der Waals surface area contributed by atoms with Crippen LogP contribution >= 0.6 is 0 Å². The van der Waals surface area contributed by atoms with E-state index in [2.05, 4.69) is 16.0 Å². The van der Waals surface area contributed by atoms with Crippen molar-refractivity contribution in [1.29, 1.82) is 0 Å². The van der Waals surface area contributed by atoms with Crippen LogP contribution in [0.25, 0.3) is 0 Å². The molecular weight excluding hydrogens is 338 g/mol. The van der Waals surface area contributed by atoms with Crippen molar-refractivity contribution < 1.29 is 19.5 Å². The van der Waals surface area contributed by atoms with Gasteiger partial charge in [0.1, 0.15) is 12.1 Å². The van der Waals surface area contributed by atoms with E-state index < -0.39 is 24.0 Å². The van der Waals surface area contributed by atoms with E-state index in [1.807, 2.05) is 0 Å². The highest BCUT2D eigenvalue weighted by molar-refractivity contribution is 5.91. The lowest BCUT2D eigenvalue weighted by atomic mass is 10.1. The first-order valence-corrected chi connectivity index (χ1v) is 9.46. The Kier molecular flexibility index (Phi) is 10.8. The van der Waals surface area contributed by atoms with E-state index in [9.17, 15) is 19.5 Å². The molecule has 26 heavy (non-hydrogen) atoms. The molecule has 2 amide bonds. The highest BCUT2D eigenvalue weighted by Crippen LogP contribution is 2.08. The van der Waals surface area contributed by atoms with Crippen LogP contribution in [0.2, 0.25) is 0 Å². The fourth-order valence-electron chi connectivity index (χ4n) is 2.96. The summed E-state index contributed by atoms with van der Waals surface area (Å²) in [5, 5.41) is 17.7. The first-order chi connectivity index (χ1) is 12.5. The molecular formula is C17H33N5O4. The van der Waals surface area contributed by atoms with Gasteiger partial charge in [-0.2, -0.15) is 0 Å². The summed E-state index contributed by atoms with van der Waals surface area (Å²) in [5.41, 5.74) is 10.9. The van der Waals surface area contributed by atoms with Crippen molar-refractivity contribution in [1.82, 2.24) is 16.0 Å². The van der Waals surface area contributed by atoms with Gasteiger partial charge in [-0.15, -0.1) is 0 Å². The number of hydrogen-bond acceptors (Lipinski definition) is 6. The standard InChI is InChI=1S/C17H33N5O4/c18-9-3-1-6-13(21-15(23)12-8-5-11-20-12)16(24)22-14(17(25)26)7-2-4-10-19/h12-14,20H,1-11,18-19H2,(H,21,23)(H,22,24)(H,25,26). The molecule has 1 aliphatic heterocycles. The number of nitrogens with two attached hydrogens (primary N) is 2. The van der Waals surface area contributed by atoms with Gasteiger partial charge < -0.3 is 32.5 Å². The van der Waals surface area contributed by atoms with Gasteiger partial charge in [-0.3, -0.25) is 9.59 Å². The number of unbranched alkanes of at least 4 members (excludes halogenated alkanes) is 2. The number of carbonyl (C=O) groups excluding carboxylic acids is 2. The Balaban J connectivity index is 2.64. The van der Waals surface area contributed by atoms with Gasteiger partial charge in [-0.1, -0.05) is 0 Å². The maximum Gasteiger partial charge on any atom is 0.326 e. The van der Waals surface area contributed by atoms with Crippen molar-refractivity contribution in [2.75, 3.05) is 19.6 Å². The Hall–Kier alpha value is -1.71. The van der Waals surface area contributed by atoms with E-state index in [0.717, 1.165) is 25.8 Å². The van der Waals surface area contributed by atoms with E-state index >= 15 is 0 Å². The normalized spacial score (nSPS) is 18.9. The van der Waals surface area contributed by atoms with Crippen LogP contribution in [0.3, 0.4) is 0 Å². The van der Waals surface area contributed by atoms with Crippen LogP contribution in [0.5, 0.6) is 0 Å². The summed E-state index contributed by atoms with van der Waals surface area (Å²) in [7, 11) is 0. The number of carbonyl (C=O) groups is 3. The third kappa shape index (κ3) is 8.11. The Labute approximate surface area is 154 Å². The van der Waals surface area contributed by atoms with Gasteiger partial charge in [-0.25, -0.2) is 4.79 Å². The van der Waals surface area contributed by atoms with E-state index in [1.54, 1.807) is 0 Å². The summed E-state index contributed by atoms with van der Waals surface area (Å²) in [4.78, 5) is 36.3. The van der Waals surface area contributed by atoms with Crippen molar-refractivity contribution in [3.05, 3.63) is 0 Å². The molecule has 1 aliphatic rings. The lowest BCUT2D eigenvalue weighted by Crippen LogP contribution is -2.54. The molecule has 0 spiro atoms. The number of carboxylic acids is 1. The zero-order chi connectivity index (χ0) is 19.4. The molecule has 0 bridgehead atoms. The number of hydrogen-bond donors (Lipinski definition) is 6. The SMILES string of the molecule is NCCCCC(NC(=O)C(CCCCN)NC(=O)C1CCCN1)C(=O)O. The molecule has 0 aliphatic carbocycles. The van der Waals surface area contributed by atoms with Gasteiger partial charge >= 0.3 is 5.97 Å². The maximum absolute atomic E-state index is 12.6. The summed E-state index contributed by atoms with van der Waals surface area (Å²) >= 11 is 0. The number of carboxylic acid groups (broad SMARTS) is 1. The zero-order valence-corrected chi connectivity index (χ0v) is 15.3. The molecule has 1 fully saturated rings. The van der Waals surface area contributed by atoms with Crippen LogP contribution in [0.4, 0.5) is 0 Å². The second-order valence-corrected chi connectivity index (χ2v) is 6.68. The molecule has 8 N–H and O–H groups in total. The Morgan fingerprint density at radius 3 is 2.12 bits per heavy atom. The number of rotatable bonds is 13. The second-order valence-electron chi connectivity index (χ2n) is 6.68. The third-order valence-corrected chi connectivity index (χ3v) is 4.52. The molecule has 0 aromatic heterocycles. The molecule has 1 heterocycles. The second kappa shape index (κ2) is 12.6. The summed E-state index contributed by atoms with van der Waals surface area (Å²) in [5.74, 6) is -1.77. The third-order valence-electron chi connectivity index (χ3n) is 4.52. The van der Waals surface area contributed by atoms with Crippen LogP contribution in [-0.4, -0.2) is 60.6 Å². The smallest absolute Gasteiger partial charge is 0.326 e. The fourth-order valence-corrected chi connectivity index (χ4v) is 2.96. The van der Waals surface area contributed by atoms with E-state index in [1.165, 1.54) is 0 Å². The predicted octanol–water partition coefficient (Wildman–Crippen LogP) is -0.949. The van der Waals surface area contributed by atoms with E-state index in [-0.39, 0.29) is 11.9 Å². The number of aliphatic carboxylic acids is 1. The van der Waals surface area contributed by atoms with Crippen LogP contribution in [0.15, 0.2) is 0 Å². The molecule has 3 atom stereocenters. The van der Waals surface area contributed by atoms with Gasteiger partial charge in [0.25, 0.3) is 0 Å². The van der Waals surface area contributed by atoms with Gasteiger partial charge in [0, 0.05) is 0 Å². The molecule has 3 unspecified atom stereocenters. The largest absolute Gasteiger partial charge is 0.480 e. The van der Waals surface area contributed by atoms with Crippen molar-refractivity contribution in [2.24, 2.45) is 11.5 Å². The van der Waals surface area contributed by atoms with E-state index in [4.69, 9.17) is 11.5 Å². The zero-order valence-electron chi connectivity index (χ0n) is 15.3. The fraction of sp³-hybridized carbons (Fsp3) is 0.824. The maximum atomic E-state index is 12.6. The summed E-state index contributed by atoms with van der Waals surface area (Å²) in [6.07, 6.45) is 5.12. The van der Waals surface area contributed by atoms with Gasteiger partial charge in [0.15, 0.2) is 0 Å². The molecule has 1 rings (SSSR count). The van der Waals surface area contributed by atoms with Crippen LogP contribution < -0.4 is 27.4 Å². The molecule has 0 saturated carbocycles. The Morgan fingerprint density at radius 2 is 1.62 bits per heavy atom. The first-order valence-electron chi connectivity index (χ1n) is 9.46. The lowest BCUT2D eigenvalue weighted by Gasteiger charge is -2.23. The Morgan fingerprint density at radius 1 is 1.00 bits per heavy atom. The highest BCUT2D eigenvalue weighted by atomic mass is 16.4. The predicted molar refractivity (Wildman–Crippen MR) is 98.3 cm³/mol. The molecule has 9 nitrogen and oxygen atoms in total. The van der Waals surface area contributed by atoms with Crippen molar-refractivity contribution in [3.8, 4) is 0 Å². The van der Waals surface area contributed by atoms with Crippen LogP contribution in [-0.2, 0) is 14.4 Å². The minimum atomic E-state index is -1.08.